The van der Waals surface area contributed by atoms with Crippen LogP contribution in [0.1, 0.15) is 15.9 Å². The van der Waals surface area contributed by atoms with E-state index < -0.39 is 5.97 Å². The summed E-state index contributed by atoms with van der Waals surface area (Å²) in [5, 5.41) is 10.2. The van der Waals surface area contributed by atoms with Gasteiger partial charge in [0.2, 0.25) is 6.79 Å². The normalized spacial score (nSPS) is 12.6. The van der Waals surface area contributed by atoms with Gasteiger partial charge in [0.1, 0.15) is 0 Å². The van der Waals surface area contributed by atoms with E-state index in [1.54, 1.807) is 12.1 Å². The second-order valence-electron chi connectivity index (χ2n) is 5.45. The van der Waals surface area contributed by atoms with Crippen molar-refractivity contribution in [2.75, 3.05) is 6.79 Å². The molecule has 23 heavy (non-hydrogen) atoms. The maximum atomic E-state index is 11.6. The number of carboxylic acid groups (broad SMARTS) is 1. The Morgan fingerprint density at radius 3 is 2.74 bits per heavy atom. The van der Waals surface area contributed by atoms with Crippen LogP contribution in [0.15, 0.2) is 42.5 Å². The van der Waals surface area contributed by atoms with Crippen molar-refractivity contribution in [1.82, 2.24) is 4.98 Å². The molecule has 3 aromatic rings. The summed E-state index contributed by atoms with van der Waals surface area (Å²) in [5.41, 5.74) is 3.28. The summed E-state index contributed by atoms with van der Waals surface area (Å²) in [5.74, 6) is 0.360. The quantitative estimate of drug-likeness (QED) is 0.783. The van der Waals surface area contributed by atoms with E-state index in [1.165, 1.54) is 0 Å². The van der Waals surface area contributed by atoms with Crippen LogP contribution < -0.4 is 9.47 Å². The van der Waals surface area contributed by atoms with Gasteiger partial charge in [0.25, 0.3) is 0 Å². The lowest BCUT2D eigenvalue weighted by atomic mass is 10.0. The van der Waals surface area contributed by atoms with Gasteiger partial charge in [-0.25, -0.2) is 9.78 Å². The number of ether oxygens (including phenoxy) is 2. The molecule has 0 saturated heterocycles. The fraction of sp³-hybridized carbons (Fsp3) is 0.111. The minimum Gasteiger partial charge on any atom is -0.478 e. The summed E-state index contributed by atoms with van der Waals surface area (Å²) in [7, 11) is 0. The van der Waals surface area contributed by atoms with Crippen LogP contribution in [0.2, 0.25) is 0 Å². The largest absolute Gasteiger partial charge is 0.478 e. The van der Waals surface area contributed by atoms with Gasteiger partial charge in [0, 0.05) is 10.9 Å². The lowest BCUT2D eigenvalue weighted by molar-refractivity contribution is 0.0699. The predicted octanol–water partition coefficient (Wildman–Crippen LogP) is 3.64. The van der Waals surface area contributed by atoms with Crippen molar-refractivity contribution in [3.8, 4) is 22.8 Å². The van der Waals surface area contributed by atoms with Crippen LogP contribution in [0.3, 0.4) is 0 Å². The highest BCUT2D eigenvalue weighted by atomic mass is 16.7. The first kappa shape index (κ1) is 13.6. The van der Waals surface area contributed by atoms with Crippen molar-refractivity contribution < 1.29 is 19.4 Å². The number of fused-ring (bicyclic) bond motifs is 2. The minimum atomic E-state index is -0.968. The molecule has 1 aliphatic heterocycles. The summed E-state index contributed by atoms with van der Waals surface area (Å²) in [6.45, 7) is 2.13. The molecule has 0 spiro atoms. The third-order valence-electron chi connectivity index (χ3n) is 3.86. The number of aromatic carboxylic acids is 1. The molecule has 0 saturated carbocycles. The summed E-state index contributed by atoms with van der Waals surface area (Å²) in [4.78, 5) is 16.2. The number of nitrogens with zero attached hydrogens (tertiary/aromatic N) is 1. The molecule has 4 rings (SSSR count). The first-order valence-corrected chi connectivity index (χ1v) is 7.16. The molecule has 0 unspecified atom stereocenters. The molecule has 2 heterocycles. The lowest BCUT2D eigenvalue weighted by Gasteiger charge is -2.08. The minimum absolute atomic E-state index is 0.198. The zero-order chi connectivity index (χ0) is 16.0. The van der Waals surface area contributed by atoms with Gasteiger partial charge >= 0.3 is 5.97 Å². The van der Waals surface area contributed by atoms with Gasteiger partial charge < -0.3 is 14.6 Å². The number of carboxylic acids is 1. The van der Waals surface area contributed by atoms with Crippen LogP contribution in [0.4, 0.5) is 0 Å². The maximum Gasteiger partial charge on any atom is 0.336 e. The Hall–Kier alpha value is -3.08. The Bertz CT molecular complexity index is 949. The van der Waals surface area contributed by atoms with Gasteiger partial charge in [-0.15, -0.1) is 0 Å². The zero-order valence-corrected chi connectivity index (χ0v) is 12.4. The van der Waals surface area contributed by atoms with E-state index in [0.717, 1.165) is 11.1 Å². The van der Waals surface area contributed by atoms with E-state index in [4.69, 9.17) is 9.47 Å². The van der Waals surface area contributed by atoms with Crippen LogP contribution in [-0.2, 0) is 0 Å². The number of benzene rings is 2. The van der Waals surface area contributed by atoms with Crippen molar-refractivity contribution in [3.05, 3.63) is 53.6 Å². The van der Waals surface area contributed by atoms with Gasteiger partial charge in [0.15, 0.2) is 11.5 Å². The molecule has 5 heteroatoms. The smallest absolute Gasteiger partial charge is 0.336 e. The molecule has 0 aliphatic carbocycles. The summed E-state index contributed by atoms with van der Waals surface area (Å²) >= 11 is 0. The van der Waals surface area contributed by atoms with Gasteiger partial charge in [-0.3, -0.25) is 0 Å². The molecule has 1 aromatic heterocycles. The first-order valence-electron chi connectivity index (χ1n) is 7.16. The first-order chi connectivity index (χ1) is 11.1. The third-order valence-corrected chi connectivity index (χ3v) is 3.86. The second-order valence-corrected chi connectivity index (χ2v) is 5.45. The van der Waals surface area contributed by atoms with Gasteiger partial charge in [-0.2, -0.15) is 0 Å². The maximum absolute atomic E-state index is 11.6. The Morgan fingerprint density at radius 2 is 1.91 bits per heavy atom. The fourth-order valence-corrected chi connectivity index (χ4v) is 2.72. The lowest BCUT2D eigenvalue weighted by Crippen LogP contribution is -2.00. The van der Waals surface area contributed by atoms with Gasteiger partial charge in [-0.05, 0) is 43.3 Å². The fourth-order valence-electron chi connectivity index (χ4n) is 2.72. The summed E-state index contributed by atoms with van der Waals surface area (Å²) < 4.78 is 10.7. The molecule has 0 fully saturated rings. The van der Waals surface area contributed by atoms with Crippen molar-refractivity contribution in [1.29, 1.82) is 0 Å². The van der Waals surface area contributed by atoms with Crippen molar-refractivity contribution in [3.63, 3.8) is 0 Å². The molecule has 2 aromatic carbocycles. The molecule has 114 valence electrons. The number of pyridine rings is 1. The van der Waals surface area contributed by atoms with E-state index in [1.807, 2.05) is 37.3 Å². The van der Waals surface area contributed by atoms with Crippen LogP contribution >= 0.6 is 0 Å². The Morgan fingerprint density at radius 1 is 1.09 bits per heavy atom. The Balaban J connectivity index is 1.94. The highest BCUT2D eigenvalue weighted by Gasteiger charge is 2.17. The van der Waals surface area contributed by atoms with E-state index >= 15 is 0 Å². The number of rotatable bonds is 2. The topological polar surface area (TPSA) is 68.7 Å². The van der Waals surface area contributed by atoms with Crippen molar-refractivity contribution in [2.24, 2.45) is 0 Å². The van der Waals surface area contributed by atoms with Crippen LogP contribution in [0, 0.1) is 6.92 Å². The summed E-state index contributed by atoms with van der Waals surface area (Å²) in [6.07, 6.45) is 0. The second kappa shape index (κ2) is 4.98. The van der Waals surface area contributed by atoms with Crippen molar-refractivity contribution in [2.45, 2.75) is 6.92 Å². The highest BCUT2D eigenvalue weighted by Crippen LogP contribution is 2.36. The van der Waals surface area contributed by atoms with Gasteiger partial charge in [0.05, 0.1) is 16.8 Å². The molecule has 1 aliphatic rings. The Kier molecular flexibility index (Phi) is 2.94. The number of aryl methyl sites for hydroxylation is 1. The van der Waals surface area contributed by atoms with Crippen LogP contribution in [0.25, 0.3) is 22.2 Å². The van der Waals surface area contributed by atoms with Gasteiger partial charge in [-0.1, -0.05) is 11.6 Å². The standard InChI is InChI=1S/C18H13NO4/c1-10-2-4-14-12(6-10)13(18(20)21)8-15(19-14)11-3-5-16-17(7-11)23-9-22-16/h2-8H,9H2,1H3,(H,20,21). The van der Waals surface area contributed by atoms with Crippen LogP contribution in [-0.4, -0.2) is 22.9 Å². The van der Waals surface area contributed by atoms with E-state index in [2.05, 4.69) is 4.98 Å². The molecule has 0 radical (unpaired) electrons. The van der Waals surface area contributed by atoms with Crippen LogP contribution in [0.5, 0.6) is 11.5 Å². The number of hydrogen-bond donors (Lipinski definition) is 1. The Labute approximate surface area is 132 Å². The number of hydrogen-bond acceptors (Lipinski definition) is 4. The van der Waals surface area contributed by atoms with E-state index in [-0.39, 0.29) is 12.4 Å². The monoisotopic (exact) mass is 307 g/mol. The molecule has 0 bridgehead atoms. The van der Waals surface area contributed by atoms with E-state index in [9.17, 15) is 9.90 Å². The third kappa shape index (κ3) is 2.26. The molecule has 0 atom stereocenters. The molecule has 5 nitrogen and oxygen atoms in total. The average Bonchev–Trinajstić information content (AvgIpc) is 3.01. The predicted molar refractivity (Wildman–Crippen MR) is 85.0 cm³/mol. The SMILES string of the molecule is Cc1ccc2nc(-c3ccc4c(c3)OCO4)cc(C(=O)O)c2c1. The number of aromatic nitrogens is 1. The summed E-state index contributed by atoms with van der Waals surface area (Å²) in [6, 6.07) is 12.7. The number of carbonyl (C=O) groups is 1. The van der Waals surface area contributed by atoms with E-state index in [0.29, 0.717) is 28.1 Å². The van der Waals surface area contributed by atoms with Crippen molar-refractivity contribution >= 4 is 16.9 Å². The average molecular weight is 307 g/mol. The molecule has 0 amide bonds. The zero-order valence-electron chi connectivity index (χ0n) is 12.4. The molecule has 1 N–H and O–H groups in total. The molecular formula is C18H13NO4. The molecular weight excluding hydrogens is 294 g/mol. The highest BCUT2D eigenvalue weighted by molar-refractivity contribution is 6.04.